The zero-order valence-corrected chi connectivity index (χ0v) is 11.0. The average molecular weight is 247 g/mol. The first kappa shape index (κ1) is 14.3. The van der Waals surface area contributed by atoms with Gasteiger partial charge in [-0.3, -0.25) is 4.79 Å². The molecular weight excluding hydrogens is 226 g/mol. The van der Waals surface area contributed by atoms with Crippen LogP contribution in [0, 0.1) is 0 Å². The van der Waals surface area contributed by atoms with Crippen LogP contribution in [0.25, 0.3) is 6.08 Å². The molecule has 0 aliphatic heterocycles. The minimum absolute atomic E-state index is 0.0728. The topological polar surface area (TPSA) is 58.4 Å². The lowest BCUT2D eigenvalue weighted by atomic mass is 10.2. The third-order valence-corrected chi connectivity index (χ3v) is 2.70. The van der Waals surface area contributed by atoms with Crippen molar-refractivity contribution >= 4 is 17.7 Å². The van der Waals surface area contributed by atoms with E-state index >= 15 is 0 Å². The highest BCUT2D eigenvalue weighted by Crippen LogP contribution is 2.06. The van der Waals surface area contributed by atoms with Gasteiger partial charge in [0.15, 0.2) is 0 Å². The number of hydrogen-bond donors (Lipinski definition) is 2. The lowest BCUT2D eigenvalue weighted by Gasteiger charge is -2.13. The summed E-state index contributed by atoms with van der Waals surface area (Å²) in [5.41, 5.74) is 7.27. The number of nitrogens with zero attached hydrogens (tertiary/aromatic N) is 1. The number of nitrogen functional groups attached to an aromatic ring is 1. The Bertz CT molecular complexity index is 398. The van der Waals surface area contributed by atoms with E-state index in [0.29, 0.717) is 6.54 Å². The SMILES string of the molecule is CCN(C)CCNC(=O)/C=C/c1ccc(N)cc1. The van der Waals surface area contributed by atoms with Crippen molar-refractivity contribution in [2.75, 3.05) is 32.4 Å². The Hall–Kier alpha value is -1.81. The largest absolute Gasteiger partial charge is 0.399 e. The molecule has 4 nitrogen and oxygen atoms in total. The smallest absolute Gasteiger partial charge is 0.244 e. The van der Waals surface area contributed by atoms with E-state index in [-0.39, 0.29) is 5.91 Å². The lowest BCUT2D eigenvalue weighted by Crippen LogP contribution is -2.31. The summed E-state index contributed by atoms with van der Waals surface area (Å²) in [6.07, 6.45) is 3.32. The molecule has 0 aromatic heterocycles. The van der Waals surface area contributed by atoms with Gasteiger partial charge < -0.3 is 16.0 Å². The Kier molecular flexibility index (Phi) is 5.94. The number of hydrogen-bond acceptors (Lipinski definition) is 3. The number of likely N-dealkylation sites (N-methyl/N-ethyl adjacent to an activating group) is 1. The maximum atomic E-state index is 11.5. The first-order valence-corrected chi connectivity index (χ1v) is 6.12. The van der Waals surface area contributed by atoms with Gasteiger partial charge in [0.25, 0.3) is 0 Å². The molecule has 0 heterocycles. The molecule has 0 radical (unpaired) electrons. The summed E-state index contributed by atoms with van der Waals surface area (Å²) in [4.78, 5) is 13.7. The van der Waals surface area contributed by atoms with Crippen LogP contribution >= 0.6 is 0 Å². The van der Waals surface area contributed by atoms with E-state index in [0.717, 1.165) is 24.3 Å². The van der Waals surface area contributed by atoms with Crippen LogP contribution in [-0.4, -0.2) is 37.5 Å². The molecule has 0 unspecified atom stereocenters. The van der Waals surface area contributed by atoms with E-state index < -0.39 is 0 Å². The zero-order chi connectivity index (χ0) is 13.4. The fraction of sp³-hybridized carbons (Fsp3) is 0.357. The van der Waals surface area contributed by atoms with Crippen LogP contribution in [0.1, 0.15) is 12.5 Å². The number of rotatable bonds is 6. The number of anilines is 1. The van der Waals surface area contributed by atoms with Crippen molar-refractivity contribution < 1.29 is 4.79 Å². The predicted molar refractivity (Wildman–Crippen MR) is 76.1 cm³/mol. The third kappa shape index (κ3) is 5.50. The fourth-order valence-electron chi connectivity index (χ4n) is 1.37. The molecule has 0 atom stereocenters. The van der Waals surface area contributed by atoms with Crippen molar-refractivity contribution in [3.8, 4) is 0 Å². The maximum Gasteiger partial charge on any atom is 0.244 e. The van der Waals surface area contributed by atoms with Gasteiger partial charge in [0.2, 0.25) is 5.91 Å². The lowest BCUT2D eigenvalue weighted by molar-refractivity contribution is -0.116. The highest BCUT2D eigenvalue weighted by molar-refractivity contribution is 5.91. The van der Waals surface area contributed by atoms with Gasteiger partial charge in [0, 0.05) is 24.9 Å². The minimum atomic E-state index is -0.0728. The Morgan fingerprint density at radius 3 is 2.67 bits per heavy atom. The number of carbonyl (C=O) groups is 1. The summed E-state index contributed by atoms with van der Waals surface area (Å²) >= 11 is 0. The molecule has 1 aromatic carbocycles. The fourth-order valence-corrected chi connectivity index (χ4v) is 1.37. The van der Waals surface area contributed by atoms with Crippen molar-refractivity contribution in [2.24, 2.45) is 0 Å². The second-order valence-electron chi connectivity index (χ2n) is 4.19. The summed E-state index contributed by atoms with van der Waals surface area (Å²) in [6.45, 7) is 4.59. The monoisotopic (exact) mass is 247 g/mol. The van der Waals surface area contributed by atoms with Crippen LogP contribution in [0.15, 0.2) is 30.3 Å². The Labute approximate surface area is 108 Å². The van der Waals surface area contributed by atoms with Crippen molar-refractivity contribution in [3.05, 3.63) is 35.9 Å². The van der Waals surface area contributed by atoms with Crippen LogP contribution in [0.5, 0.6) is 0 Å². The van der Waals surface area contributed by atoms with E-state index in [1.165, 1.54) is 6.08 Å². The van der Waals surface area contributed by atoms with E-state index in [4.69, 9.17) is 5.73 Å². The second kappa shape index (κ2) is 7.50. The molecular formula is C14H21N3O. The number of carbonyl (C=O) groups excluding carboxylic acids is 1. The van der Waals surface area contributed by atoms with E-state index in [9.17, 15) is 4.79 Å². The normalized spacial score (nSPS) is 11.1. The highest BCUT2D eigenvalue weighted by atomic mass is 16.1. The average Bonchev–Trinajstić information content (AvgIpc) is 2.38. The molecule has 18 heavy (non-hydrogen) atoms. The molecule has 0 saturated heterocycles. The Balaban J connectivity index is 2.33. The molecule has 1 rings (SSSR count). The molecule has 0 bridgehead atoms. The minimum Gasteiger partial charge on any atom is -0.399 e. The van der Waals surface area contributed by atoms with Gasteiger partial charge in [0.05, 0.1) is 0 Å². The molecule has 3 N–H and O–H groups in total. The number of amides is 1. The molecule has 1 aromatic rings. The molecule has 0 aliphatic rings. The van der Waals surface area contributed by atoms with Crippen LogP contribution in [0.3, 0.4) is 0 Å². The Morgan fingerprint density at radius 2 is 2.06 bits per heavy atom. The van der Waals surface area contributed by atoms with Gasteiger partial charge in [-0.15, -0.1) is 0 Å². The van der Waals surface area contributed by atoms with Gasteiger partial charge in [-0.25, -0.2) is 0 Å². The highest BCUT2D eigenvalue weighted by Gasteiger charge is 1.97. The van der Waals surface area contributed by atoms with Crippen LogP contribution in [0.2, 0.25) is 0 Å². The van der Waals surface area contributed by atoms with Crippen molar-refractivity contribution in [1.29, 1.82) is 0 Å². The van der Waals surface area contributed by atoms with Crippen molar-refractivity contribution in [2.45, 2.75) is 6.92 Å². The summed E-state index contributed by atoms with van der Waals surface area (Å²) in [5.74, 6) is -0.0728. The number of nitrogens with one attached hydrogen (secondary N) is 1. The third-order valence-electron chi connectivity index (χ3n) is 2.70. The van der Waals surface area contributed by atoms with Gasteiger partial charge in [-0.05, 0) is 37.4 Å². The first-order chi connectivity index (χ1) is 8.61. The molecule has 0 saturated carbocycles. The van der Waals surface area contributed by atoms with E-state index in [1.807, 2.05) is 31.3 Å². The van der Waals surface area contributed by atoms with Gasteiger partial charge in [-0.1, -0.05) is 19.1 Å². The summed E-state index contributed by atoms with van der Waals surface area (Å²) < 4.78 is 0. The molecule has 0 aliphatic carbocycles. The summed E-state index contributed by atoms with van der Waals surface area (Å²) in [5, 5.41) is 2.84. The molecule has 1 amide bonds. The predicted octanol–water partition coefficient (Wildman–Crippen LogP) is 1.35. The first-order valence-electron chi connectivity index (χ1n) is 6.12. The van der Waals surface area contributed by atoms with Crippen molar-refractivity contribution in [3.63, 3.8) is 0 Å². The summed E-state index contributed by atoms with van der Waals surface area (Å²) in [6, 6.07) is 7.38. The number of nitrogens with two attached hydrogens (primary N) is 1. The van der Waals surface area contributed by atoms with Crippen LogP contribution < -0.4 is 11.1 Å². The van der Waals surface area contributed by atoms with Gasteiger partial charge in [-0.2, -0.15) is 0 Å². The zero-order valence-electron chi connectivity index (χ0n) is 11.0. The van der Waals surface area contributed by atoms with Crippen molar-refractivity contribution in [1.82, 2.24) is 10.2 Å². The molecule has 0 fully saturated rings. The van der Waals surface area contributed by atoms with E-state index in [1.54, 1.807) is 6.08 Å². The maximum absolute atomic E-state index is 11.5. The van der Waals surface area contributed by atoms with Gasteiger partial charge in [0.1, 0.15) is 0 Å². The summed E-state index contributed by atoms with van der Waals surface area (Å²) in [7, 11) is 2.02. The van der Waals surface area contributed by atoms with Crippen LogP contribution in [-0.2, 0) is 4.79 Å². The molecule has 0 spiro atoms. The van der Waals surface area contributed by atoms with Crippen LogP contribution in [0.4, 0.5) is 5.69 Å². The molecule has 98 valence electrons. The second-order valence-corrected chi connectivity index (χ2v) is 4.19. The quantitative estimate of drug-likeness (QED) is 0.589. The Morgan fingerprint density at radius 1 is 1.39 bits per heavy atom. The standard InChI is InChI=1S/C14H21N3O/c1-3-17(2)11-10-16-14(18)9-6-12-4-7-13(15)8-5-12/h4-9H,3,10-11,15H2,1-2H3,(H,16,18)/b9-6+. The van der Waals surface area contributed by atoms with Gasteiger partial charge >= 0.3 is 0 Å². The van der Waals surface area contributed by atoms with E-state index in [2.05, 4.69) is 17.1 Å². The number of benzene rings is 1. The molecule has 4 heteroatoms.